The summed E-state index contributed by atoms with van der Waals surface area (Å²) in [6, 6.07) is 5.71. The van der Waals surface area contributed by atoms with Gasteiger partial charge < -0.3 is 15.6 Å². The second-order valence-electron chi connectivity index (χ2n) is 6.77. The number of nitrogens with one attached hydrogen (secondary N) is 1. The van der Waals surface area contributed by atoms with Crippen molar-refractivity contribution in [2.24, 2.45) is 5.73 Å². The normalized spacial score (nSPS) is 14.4. The van der Waals surface area contributed by atoms with Gasteiger partial charge in [-0.15, -0.1) is 0 Å². The van der Waals surface area contributed by atoms with Gasteiger partial charge in [-0.2, -0.15) is 0 Å². The molecular formula is C16H26N2O3. The predicted molar refractivity (Wildman–Crippen MR) is 84.4 cm³/mol. The molecule has 1 rings (SSSR count). The van der Waals surface area contributed by atoms with Crippen molar-refractivity contribution in [1.29, 1.82) is 0 Å². The number of ether oxygens (including phenoxy) is 1. The molecule has 0 saturated heterocycles. The molecule has 0 aliphatic heterocycles. The first kappa shape index (κ1) is 17.5. The summed E-state index contributed by atoms with van der Waals surface area (Å²) in [6.07, 6.45) is 0.0349. The molecule has 0 heterocycles. The van der Waals surface area contributed by atoms with Crippen molar-refractivity contribution < 1.29 is 14.6 Å². The van der Waals surface area contributed by atoms with Crippen molar-refractivity contribution >= 4 is 11.8 Å². The molecule has 1 aromatic rings. The highest BCUT2D eigenvalue weighted by molar-refractivity contribution is 5.86. The molecule has 4 N–H and O–H groups in total. The number of benzene rings is 1. The zero-order valence-electron chi connectivity index (χ0n) is 13.5. The Labute approximate surface area is 126 Å². The Bertz CT molecular complexity index is 505. The molecule has 0 saturated carbocycles. The number of rotatable bonds is 4. The van der Waals surface area contributed by atoms with Gasteiger partial charge in [0.05, 0.1) is 6.61 Å². The molecule has 5 nitrogen and oxygen atoms in total. The number of nitrogens with two attached hydrogens (primary N) is 1. The maximum Gasteiger partial charge on any atom is 0.412 e. The van der Waals surface area contributed by atoms with E-state index < -0.39 is 17.2 Å². The van der Waals surface area contributed by atoms with Gasteiger partial charge in [-0.25, -0.2) is 4.79 Å². The molecule has 0 aromatic heterocycles. The van der Waals surface area contributed by atoms with Crippen molar-refractivity contribution in [2.75, 3.05) is 11.9 Å². The van der Waals surface area contributed by atoms with E-state index in [1.165, 1.54) is 0 Å². The number of aryl methyl sites for hydroxylation is 1. The van der Waals surface area contributed by atoms with Gasteiger partial charge >= 0.3 is 6.09 Å². The van der Waals surface area contributed by atoms with Gasteiger partial charge in [0.1, 0.15) is 5.60 Å². The van der Waals surface area contributed by atoms with E-state index >= 15 is 0 Å². The van der Waals surface area contributed by atoms with E-state index in [2.05, 4.69) is 5.32 Å². The maximum absolute atomic E-state index is 11.8. The van der Waals surface area contributed by atoms with Crippen LogP contribution in [0.2, 0.25) is 0 Å². The third-order valence-electron chi connectivity index (χ3n) is 2.91. The topological polar surface area (TPSA) is 84.6 Å². The van der Waals surface area contributed by atoms with Crippen LogP contribution in [0, 0.1) is 6.92 Å². The van der Waals surface area contributed by atoms with Gasteiger partial charge in [0.15, 0.2) is 0 Å². The molecule has 118 valence electrons. The van der Waals surface area contributed by atoms with Crippen LogP contribution in [-0.2, 0) is 11.2 Å². The summed E-state index contributed by atoms with van der Waals surface area (Å²) < 4.78 is 5.24. The smallest absolute Gasteiger partial charge is 0.412 e. The first-order valence-corrected chi connectivity index (χ1v) is 7.02. The minimum absolute atomic E-state index is 0.101. The fourth-order valence-electron chi connectivity index (χ4n) is 1.85. The summed E-state index contributed by atoms with van der Waals surface area (Å²) in [5.41, 5.74) is 7.31. The highest BCUT2D eigenvalue weighted by atomic mass is 16.6. The van der Waals surface area contributed by atoms with Gasteiger partial charge in [0.2, 0.25) is 0 Å². The van der Waals surface area contributed by atoms with Crippen LogP contribution in [0.3, 0.4) is 0 Å². The molecular weight excluding hydrogens is 268 g/mol. The average molecular weight is 294 g/mol. The molecule has 5 heteroatoms. The Kier molecular flexibility index (Phi) is 5.36. The molecule has 0 aliphatic rings. The second kappa shape index (κ2) is 6.45. The molecule has 1 aromatic carbocycles. The summed E-state index contributed by atoms with van der Waals surface area (Å²) in [5.74, 6) is 0. The summed E-state index contributed by atoms with van der Waals surface area (Å²) in [5, 5.41) is 12.0. The third kappa shape index (κ3) is 6.14. The molecule has 1 atom stereocenters. The van der Waals surface area contributed by atoms with Crippen LogP contribution in [0.1, 0.15) is 38.8 Å². The largest absolute Gasteiger partial charge is 0.444 e. The number of aliphatic hydroxyl groups is 1. The summed E-state index contributed by atoms with van der Waals surface area (Å²) in [7, 11) is 0. The van der Waals surface area contributed by atoms with E-state index in [0.29, 0.717) is 12.1 Å². The lowest BCUT2D eigenvalue weighted by molar-refractivity contribution is 0.0636. The monoisotopic (exact) mass is 294 g/mol. The Morgan fingerprint density at radius 3 is 2.48 bits per heavy atom. The molecule has 0 fully saturated rings. The van der Waals surface area contributed by atoms with E-state index in [-0.39, 0.29) is 6.61 Å². The fraction of sp³-hybridized carbons (Fsp3) is 0.562. The summed E-state index contributed by atoms with van der Waals surface area (Å²) in [6.45, 7) is 9.04. The highest BCUT2D eigenvalue weighted by Gasteiger charge is 2.19. The standard InChI is InChI=1S/C16H26N2O3/c1-11-6-7-12(9-16(5,17)10-19)8-13(11)18-14(20)21-15(2,3)4/h6-8,19H,9-10,17H2,1-5H3,(H,18,20). The number of carbonyl (C=O) groups excluding carboxylic acids is 1. The molecule has 1 amide bonds. The van der Waals surface area contributed by atoms with Gasteiger partial charge in [-0.05, 0) is 58.2 Å². The van der Waals surface area contributed by atoms with Crippen molar-refractivity contribution in [1.82, 2.24) is 0 Å². The molecule has 0 spiro atoms. The maximum atomic E-state index is 11.8. The lowest BCUT2D eigenvalue weighted by atomic mass is 9.94. The van der Waals surface area contributed by atoms with Gasteiger partial charge in [0, 0.05) is 11.2 Å². The minimum atomic E-state index is -0.682. The first-order chi connectivity index (χ1) is 9.52. The summed E-state index contributed by atoms with van der Waals surface area (Å²) >= 11 is 0. The first-order valence-electron chi connectivity index (χ1n) is 7.02. The van der Waals surface area contributed by atoms with Crippen LogP contribution >= 0.6 is 0 Å². The van der Waals surface area contributed by atoms with Crippen LogP contribution in [0.25, 0.3) is 0 Å². The predicted octanol–water partition coefficient (Wildman–Crippen LogP) is 2.59. The minimum Gasteiger partial charge on any atom is -0.444 e. The molecule has 21 heavy (non-hydrogen) atoms. The quantitative estimate of drug-likeness (QED) is 0.797. The van der Waals surface area contributed by atoms with E-state index in [1.54, 1.807) is 6.92 Å². The van der Waals surface area contributed by atoms with Gasteiger partial charge in [0.25, 0.3) is 0 Å². The second-order valence-corrected chi connectivity index (χ2v) is 6.77. The van der Waals surface area contributed by atoms with Crippen LogP contribution < -0.4 is 11.1 Å². The van der Waals surface area contributed by atoms with E-state index in [4.69, 9.17) is 10.5 Å². The van der Waals surface area contributed by atoms with Gasteiger partial charge in [-0.3, -0.25) is 5.32 Å². The molecule has 0 aliphatic carbocycles. The molecule has 0 radical (unpaired) electrons. The Morgan fingerprint density at radius 2 is 1.95 bits per heavy atom. The molecule has 0 bridgehead atoms. The number of carbonyl (C=O) groups is 1. The van der Waals surface area contributed by atoms with Crippen LogP contribution in [0.15, 0.2) is 18.2 Å². The summed E-state index contributed by atoms with van der Waals surface area (Å²) in [4.78, 5) is 11.8. The lowest BCUT2D eigenvalue weighted by Gasteiger charge is -2.23. The number of hydrogen-bond acceptors (Lipinski definition) is 4. The molecule has 1 unspecified atom stereocenters. The van der Waals surface area contributed by atoms with Crippen LogP contribution in [0.5, 0.6) is 0 Å². The van der Waals surface area contributed by atoms with E-state index in [9.17, 15) is 9.90 Å². The zero-order valence-corrected chi connectivity index (χ0v) is 13.5. The highest BCUT2D eigenvalue weighted by Crippen LogP contribution is 2.21. The van der Waals surface area contributed by atoms with Crippen molar-refractivity contribution in [2.45, 2.75) is 52.2 Å². The number of hydrogen-bond donors (Lipinski definition) is 3. The number of aliphatic hydroxyl groups excluding tert-OH is 1. The van der Waals surface area contributed by atoms with Crippen molar-refractivity contribution in [3.63, 3.8) is 0 Å². The number of anilines is 1. The van der Waals surface area contributed by atoms with Crippen molar-refractivity contribution in [3.8, 4) is 0 Å². The van der Waals surface area contributed by atoms with E-state index in [1.807, 2.05) is 45.9 Å². The zero-order chi connectivity index (χ0) is 16.3. The lowest BCUT2D eigenvalue weighted by Crippen LogP contribution is -2.42. The third-order valence-corrected chi connectivity index (χ3v) is 2.91. The SMILES string of the molecule is Cc1ccc(CC(C)(N)CO)cc1NC(=O)OC(C)(C)C. The van der Waals surface area contributed by atoms with Crippen LogP contribution in [0.4, 0.5) is 10.5 Å². The van der Waals surface area contributed by atoms with Crippen LogP contribution in [-0.4, -0.2) is 28.9 Å². The Morgan fingerprint density at radius 1 is 1.33 bits per heavy atom. The Hall–Kier alpha value is -1.59. The Balaban J connectivity index is 2.86. The van der Waals surface area contributed by atoms with Crippen molar-refractivity contribution in [3.05, 3.63) is 29.3 Å². The average Bonchev–Trinajstić information content (AvgIpc) is 2.31. The fourth-order valence-corrected chi connectivity index (χ4v) is 1.85. The number of amides is 1. The van der Waals surface area contributed by atoms with E-state index in [0.717, 1.165) is 11.1 Å². The van der Waals surface area contributed by atoms with Gasteiger partial charge in [-0.1, -0.05) is 12.1 Å².